The minimum absolute atomic E-state index is 0.0355. The molecule has 0 aliphatic carbocycles. The predicted molar refractivity (Wildman–Crippen MR) is 74.7 cm³/mol. The second-order valence-electron chi connectivity index (χ2n) is 3.74. The van der Waals surface area contributed by atoms with Crippen LogP contribution >= 0.6 is 22.9 Å². The Morgan fingerprint density at radius 2 is 2.33 bits per heavy atom. The van der Waals surface area contributed by atoms with E-state index in [4.69, 9.17) is 16.3 Å². The standard InChI is InChI=1S/C12H13ClN2O2S/c1-3-4-9(16)14-12-15-10-8(17-2)6-5-7(13)11(10)18-12/h5-6H,3-4H2,1-2H3,(H,14,15,16). The van der Waals surface area contributed by atoms with E-state index < -0.39 is 0 Å². The molecule has 96 valence electrons. The molecule has 1 amide bonds. The fraction of sp³-hybridized carbons (Fsp3) is 0.333. The first-order valence-electron chi connectivity index (χ1n) is 5.58. The lowest BCUT2D eigenvalue weighted by Crippen LogP contribution is -2.09. The molecule has 0 aliphatic heterocycles. The number of thiazole rings is 1. The molecule has 1 aromatic carbocycles. The number of halogens is 1. The van der Waals surface area contributed by atoms with Crippen molar-refractivity contribution in [2.24, 2.45) is 0 Å². The summed E-state index contributed by atoms with van der Waals surface area (Å²) in [5.74, 6) is 0.619. The zero-order valence-electron chi connectivity index (χ0n) is 10.1. The number of carbonyl (C=O) groups excluding carboxylic acids is 1. The van der Waals surface area contributed by atoms with Crippen LogP contribution in [0.4, 0.5) is 5.13 Å². The fourth-order valence-electron chi connectivity index (χ4n) is 1.58. The third kappa shape index (κ3) is 2.57. The minimum Gasteiger partial charge on any atom is -0.494 e. The van der Waals surface area contributed by atoms with Gasteiger partial charge >= 0.3 is 0 Å². The normalized spacial score (nSPS) is 10.6. The second kappa shape index (κ2) is 5.54. The van der Waals surface area contributed by atoms with Gasteiger partial charge in [-0.2, -0.15) is 0 Å². The molecule has 4 nitrogen and oxygen atoms in total. The van der Waals surface area contributed by atoms with Crippen LogP contribution in [-0.4, -0.2) is 18.0 Å². The van der Waals surface area contributed by atoms with E-state index in [-0.39, 0.29) is 5.91 Å². The maximum atomic E-state index is 11.5. The Balaban J connectivity index is 2.37. The molecule has 1 N–H and O–H groups in total. The molecule has 2 aromatic rings. The maximum Gasteiger partial charge on any atom is 0.226 e. The molecule has 0 spiro atoms. The van der Waals surface area contributed by atoms with Crippen LogP contribution in [-0.2, 0) is 4.79 Å². The summed E-state index contributed by atoms with van der Waals surface area (Å²) in [5, 5.41) is 3.93. The number of nitrogens with zero attached hydrogens (tertiary/aromatic N) is 1. The molecule has 0 atom stereocenters. The van der Waals surface area contributed by atoms with Gasteiger partial charge in [0.25, 0.3) is 0 Å². The third-order valence-corrected chi connectivity index (χ3v) is 3.83. The number of nitrogens with one attached hydrogen (secondary N) is 1. The van der Waals surface area contributed by atoms with E-state index in [9.17, 15) is 4.79 Å². The molecule has 0 fully saturated rings. The number of carbonyl (C=O) groups is 1. The smallest absolute Gasteiger partial charge is 0.226 e. The molecule has 0 radical (unpaired) electrons. The third-order valence-electron chi connectivity index (χ3n) is 2.40. The van der Waals surface area contributed by atoms with Gasteiger partial charge in [0.1, 0.15) is 11.3 Å². The molecule has 0 aliphatic rings. The van der Waals surface area contributed by atoms with Gasteiger partial charge in [-0.15, -0.1) is 0 Å². The van der Waals surface area contributed by atoms with Crippen molar-refractivity contribution in [3.8, 4) is 5.75 Å². The van der Waals surface area contributed by atoms with E-state index in [1.807, 2.05) is 6.92 Å². The van der Waals surface area contributed by atoms with Gasteiger partial charge in [0, 0.05) is 6.42 Å². The van der Waals surface area contributed by atoms with Gasteiger partial charge < -0.3 is 10.1 Å². The van der Waals surface area contributed by atoms with Gasteiger partial charge in [0.2, 0.25) is 5.91 Å². The Hall–Kier alpha value is -1.33. The van der Waals surface area contributed by atoms with Crippen LogP contribution < -0.4 is 10.1 Å². The average Bonchev–Trinajstić information content (AvgIpc) is 2.74. The molecule has 0 saturated heterocycles. The lowest BCUT2D eigenvalue weighted by molar-refractivity contribution is -0.116. The van der Waals surface area contributed by atoms with Gasteiger partial charge in [-0.1, -0.05) is 29.9 Å². The summed E-state index contributed by atoms with van der Waals surface area (Å²) in [4.78, 5) is 15.9. The van der Waals surface area contributed by atoms with Crippen LogP contribution in [0.3, 0.4) is 0 Å². The van der Waals surface area contributed by atoms with Crippen molar-refractivity contribution in [3.63, 3.8) is 0 Å². The van der Waals surface area contributed by atoms with E-state index in [0.717, 1.165) is 11.1 Å². The van der Waals surface area contributed by atoms with Gasteiger partial charge in [-0.25, -0.2) is 4.98 Å². The number of fused-ring (bicyclic) bond motifs is 1. The van der Waals surface area contributed by atoms with Gasteiger partial charge in [0.05, 0.1) is 16.8 Å². The monoisotopic (exact) mass is 284 g/mol. The highest BCUT2D eigenvalue weighted by Gasteiger charge is 2.13. The molecular weight excluding hydrogens is 272 g/mol. The highest BCUT2D eigenvalue weighted by Crippen LogP contribution is 2.37. The lowest BCUT2D eigenvalue weighted by Gasteiger charge is -2.00. The largest absolute Gasteiger partial charge is 0.494 e. The Bertz CT molecular complexity index is 583. The quantitative estimate of drug-likeness (QED) is 0.931. The topological polar surface area (TPSA) is 51.2 Å². The number of ether oxygens (including phenoxy) is 1. The molecule has 6 heteroatoms. The summed E-state index contributed by atoms with van der Waals surface area (Å²) in [6, 6.07) is 3.53. The van der Waals surface area contributed by atoms with Crippen molar-refractivity contribution in [3.05, 3.63) is 17.2 Å². The summed E-state index contributed by atoms with van der Waals surface area (Å²) in [6.45, 7) is 1.96. The predicted octanol–water partition coefficient (Wildman–Crippen LogP) is 3.70. The van der Waals surface area contributed by atoms with Gasteiger partial charge in [0.15, 0.2) is 5.13 Å². The van der Waals surface area contributed by atoms with Crippen molar-refractivity contribution in [2.75, 3.05) is 12.4 Å². The summed E-state index contributed by atoms with van der Waals surface area (Å²) in [5.41, 5.74) is 0.682. The van der Waals surface area contributed by atoms with E-state index >= 15 is 0 Å². The van der Waals surface area contributed by atoms with E-state index in [0.29, 0.717) is 27.8 Å². The Morgan fingerprint density at radius 3 is 3.00 bits per heavy atom. The average molecular weight is 285 g/mol. The van der Waals surface area contributed by atoms with Crippen LogP contribution in [0.1, 0.15) is 19.8 Å². The number of aromatic nitrogens is 1. The Kier molecular flexibility index (Phi) is 4.04. The first-order valence-corrected chi connectivity index (χ1v) is 6.78. The van der Waals surface area contributed by atoms with Gasteiger partial charge in [-0.05, 0) is 18.6 Å². The van der Waals surface area contributed by atoms with E-state index in [2.05, 4.69) is 10.3 Å². The highest BCUT2D eigenvalue weighted by molar-refractivity contribution is 7.23. The molecular formula is C12H13ClN2O2S. The summed E-state index contributed by atoms with van der Waals surface area (Å²) in [6.07, 6.45) is 1.29. The first kappa shape index (κ1) is 13.1. The summed E-state index contributed by atoms with van der Waals surface area (Å²) >= 11 is 7.45. The maximum absolute atomic E-state index is 11.5. The highest BCUT2D eigenvalue weighted by atomic mass is 35.5. The van der Waals surface area contributed by atoms with Crippen molar-refractivity contribution < 1.29 is 9.53 Å². The summed E-state index contributed by atoms with van der Waals surface area (Å²) in [7, 11) is 1.58. The van der Waals surface area contributed by atoms with Crippen LogP contribution in [0.15, 0.2) is 12.1 Å². The Labute approximate surface area is 114 Å². The summed E-state index contributed by atoms with van der Waals surface area (Å²) < 4.78 is 6.04. The lowest BCUT2D eigenvalue weighted by atomic mass is 10.3. The molecule has 0 bridgehead atoms. The Morgan fingerprint density at radius 1 is 1.56 bits per heavy atom. The zero-order chi connectivity index (χ0) is 13.1. The number of benzene rings is 1. The van der Waals surface area contributed by atoms with Gasteiger partial charge in [-0.3, -0.25) is 4.79 Å². The fourth-order valence-corrected chi connectivity index (χ4v) is 2.75. The molecule has 1 aromatic heterocycles. The van der Waals surface area contributed by atoms with Crippen molar-refractivity contribution in [2.45, 2.75) is 19.8 Å². The molecule has 2 rings (SSSR count). The zero-order valence-corrected chi connectivity index (χ0v) is 11.7. The number of amides is 1. The molecule has 1 heterocycles. The molecule has 0 unspecified atom stereocenters. The van der Waals surface area contributed by atoms with E-state index in [1.54, 1.807) is 19.2 Å². The van der Waals surface area contributed by atoms with Crippen LogP contribution in [0.5, 0.6) is 5.75 Å². The number of hydrogen-bond donors (Lipinski definition) is 1. The van der Waals surface area contributed by atoms with Crippen molar-refractivity contribution >= 4 is 44.2 Å². The SMILES string of the molecule is CCCC(=O)Nc1nc2c(OC)ccc(Cl)c2s1. The van der Waals surface area contributed by atoms with Crippen LogP contribution in [0, 0.1) is 0 Å². The number of rotatable bonds is 4. The molecule has 0 saturated carbocycles. The van der Waals surface area contributed by atoms with Crippen LogP contribution in [0.2, 0.25) is 5.02 Å². The number of hydrogen-bond acceptors (Lipinski definition) is 4. The molecule has 18 heavy (non-hydrogen) atoms. The van der Waals surface area contributed by atoms with Crippen molar-refractivity contribution in [1.82, 2.24) is 4.98 Å². The number of anilines is 1. The van der Waals surface area contributed by atoms with Crippen molar-refractivity contribution in [1.29, 1.82) is 0 Å². The van der Waals surface area contributed by atoms with Crippen LogP contribution in [0.25, 0.3) is 10.2 Å². The minimum atomic E-state index is -0.0355. The number of methoxy groups -OCH3 is 1. The van der Waals surface area contributed by atoms with E-state index in [1.165, 1.54) is 11.3 Å². The first-order chi connectivity index (χ1) is 8.65. The second-order valence-corrected chi connectivity index (χ2v) is 5.15.